The maximum Gasteiger partial charge on any atom is 0.325 e. The van der Waals surface area contributed by atoms with E-state index in [0.717, 1.165) is 0 Å². The monoisotopic (exact) mass is 338 g/mol. The average molecular weight is 338 g/mol. The molecule has 132 valence electrons. The van der Waals surface area contributed by atoms with Gasteiger partial charge in [0.25, 0.3) is 0 Å². The maximum atomic E-state index is 12.3. The highest BCUT2D eigenvalue weighted by Gasteiger charge is 2.32. The molecule has 10 nitrogen and oxygen atoms in total. The number of ether oxygens (including phenoxy) is 1. The molecule has 0 saturated heterocycles. The first-order chi connectivity index (χ1) is 11.4. The van der Waals surface area contributed by atoms with Crippen LogP contribution in [-0.4, -0.2) is 52.4 Å². The van der Waals surface area contributed by atoms with Crippen molar-refractivity contribution in [2.75, 3.05) is 13.7 Å². The summed E-state index contributed by atoms with van der Waals surface area (Å²) in [6.45, 7) is 3.69. The molecule has 2 heterocycles. The smallest absolute Gasteiger partial charge is 0.325 e. The zero-order chi connectivity index (χ0) is 17.7. The third-order valence-corrected chi connectivity index (χ3v) is 3.55. The van der Waals surface area contributed by atoms with Gasteiger partial charge >= 0.3 is 12.0 Å². The lowest BCUT2D eigenvalue weighted by Gasteiger charge is -2.15. The Morgan fingerprint density at radius 3 is 2.71 bits per heavy atom. The van der Waals surface area contributed by atoms with Crippen molar-refractivity contribution >= 4 is 17.9 Å². The van der Waals surface area contributed by atoms with E-state index in [-0.39, 0.29) is 31.1 Å². The van der Waals surface area contributed by atoms with Crippen LogP contribution in [0, 0.1) is 0 Å². The molecule has 10 heteroatoms. The number of urea groups is 1. The fraction of sp³-hybridized carbons (Fsp3) is 0.643. The molecule has 3 amide bonds. The predicted octanol–water partition coefficient (Wildman–Crippen LogP) is -0.738. The van der Waals surface area contributed by atoms with E-state index < -0.39 is 12.0 Å². The van der Waals surface area contributed by atoms with Gasteiger partial charge in [-0.1, -0.05) is 0 Å². The molecule has 0 bridgehead atoms. The van der Waals surface area contributed by atoms with Crippen LogP contribution in [0.2, 0.25) is 0 Å². The van der Waals surface area contributed by atoms with Crippen LogP contribution < -0.4 is 16.0 Å². The summed E-state index contributed by atoms with van der Waals surface area (Å²) in [6, 6.07) is -0.789. The van der Waals surface area contributed by atoms with E-state index in [1.165, 1.54) is 7.11 Å². The Balaban J connectivity index is 1.99. The molecule has 0 saturated carbocycles. The second-order valence-corrected chi connectivity index (χ2v) is 5.73. The highest BCUT2D eigenvalue weighted by molar-refractivity contribution is 5.85. The van der Waals surface area contributed by atoms with Crippen LogP contribution in [-0.2, 0) is 27.3 Å². The Hall–Kier alpha value is -2.65. The number of methoxy groups -OCH3 is 1. The molecule has 0 aromatic carbocycles. The molecule has 0 fully saturated rings. The number of nitrogens with zero attached hydrogens (tertiary/aromatic N) is 3. The summed E-state index contributed by atoms with van der Waals surface area (Å²) >= 11 is 0. The maximum absolute atomic E-state index is 12.3. The molecule has 24 heavy (non-hydrogen) atoms. The molecule has 0 spiro atoms. The topological polar surface area (TPSA) is 127 Å². The van der Waals surface area contributed by atoms with Gasteiger partial charge in [-0.05, 0) is 20.3 Å². The van der Waals surface area contributed by atoms with Crippen LogP contribution in [0.25, 0.3) is 0 Å². The summed E-state index contributed by atoms with van der Waals surface area (Å²) in [4.78, 5) is 35.1. The molecule has 0 radical (unpaired) electrons. The summed E-state index contributed by atoms with van der Waals surface area (Å²) < 4.78 is 6.21. The normalized spacial score (nSPS) is 15.8. The highest BCUT2D eigenvalue weighted by atomic mass is 16.5. The Morgan fingerprint density at radius 2 is 2.04 bits per heavy atom. The SMILES string of the molecule is COC(=O)CNC(=O)C1CCc2nnc(CNC(=O)NC(C)C)n21. The van der Waals surface area contributed by atoms with Crippen molar-refractivity contribution in [3.8, 4) is 0 Å². The largest absolute Gasteiger partial charge is 0.468 e. The minimum atomic E-state index is -0.516. The zero-order valence-corrected chi connectivity index (χ0v) is 14.0. The van der Waals surface area contributed by atoms with Gasteiger partial charge in [-0.15, -0.1) is 10.2 Å². The van der Waals surface area contributed by atoms with E-state index in [9.17, 15) is 14.4 Å². The summed E-state index contributed by atoms with van der Waals surface area (Å²) in [5, 5.41) is 16.0. The van der Waals surface area contributed by atoms with Gasteiger partial charge in [-0.3, -0.25) is 9.59 Å². The number of aromatic nitrogens is 3. The van der Waals surface area contributed by atoms with Gasteiger partial charge < -0.3 is 25.3 Å². The van der Waals surface area contributed by atoms with Crippen LogP contribution in [0.15, 0.2) is 0 Å². The van der Waals surface area contributed by atoms with Crippen molar-refractivity contribution < 1.29 is 19.1 Å². The van der Waals surface area contributed by atoms with Crippen LogP contribution in [0.1, 0.15) is 38.0 Å². The lowest BCUT2D eigenvalue weighted by atomic mass is 10.2. The fourth-order valence-corrected chi connectivity index (χ4v) is 2.48. The number of esters is 1. The minimum Gasteiger partial charge on any atom is -0.468 e. The van der Waals surface area contributed by atoms with E-state index in [1.807, 2.05) is 13.8 Å². The molecule has 1 atom stereocenters. The van der Waals surface area contributed by atoms with Crippen LogP contribution in [0.3, 0.4) is 0 Å². The van der Waals surface area contributed by atoms with Gasteiger partial charge in [0.05, 0.1) is 13.7 Å². The lowest BCUT2D eigenvalue weighted by Crippen LogP contribution is -2.40. The first kappa shape index (κ1) is 17.7. The number of hydrogen-bond acceptors (Lipinski definition) is 6. The number of fused-ring (bicyclic) bond motifs is 1. The number of nitrogens with one attached hydrogen (secondary N) is 3. The molecule has 2 rings (SSSR count). The first-order valence-corrected chi connectivity index (χ1v) is 7.74. The Bertz CT molecular complexity index is 627. The lowest BCUT2D eigenvalue weighted by molar-refractivity contribution is -0.141. The second kappa shape index (κ2) is 7.75. The van der Waals surface area contributed by atoms with Crippen molar-refractivity contribution in [3.05, 3.63) is 11.6 Å². The van der Waals surface area contributed by atoms with Crippen LogP contribution in [0.4, 0.5) is 4.79 Å². The summed E-state index contributed by atoms with van der Waals surface area (Å²) in [5.41, 5.74) is 0. The molecule has 1 unspecified atom stereocenters. The van der Waals surface area contributed by atoms with Crippen molar-refractivity contribution in [2.24, 2.45) is 0 Å². The Morgan fingerprint density at radius 1 is 1.29 bits per heavy atom. The molecule has 1 aliphatic rings. The van der Waals surface area contributed by atoms with Crippen molar-refractivity contribution in [1.82, 2.24) is 30.7 Å². The number of rotatable bonds is 6. The standard InChI is InChI=1S/C14H22N6O4/c1-8(2)17-14(23)16-6-11-19-18-10-5-4-9(20(10)11)13(22)15-7-12(21)24-3/h8-9H,4-7H2,1-3H3,(H,15,22)(H2,16,17,23). The van der Waals surface area contributed by atoms with E-state index in [1.54, 1.807) is 4.57 Å². The van der Waals surface area contributed by atoms with Crippen molar-refractivity contribution in [2.45, 2.75) is 45.3 Å². The Kier molecular flexibility index (Phi) is 5.72. The number of carbonyl (C=O) groups is 3. The van der Waals surface area contributed by atoms with Crippen LogP contribution in [0.5, 0.6) is 0 Å². The average Bonchev–Trinajstić information content (AvgIpc) is 3.11. The van der Waals surface area contributed by atoms with Gasteiger partial charge in [0.15, 0.2) is 5.82 Å². The summed E-state index contributed by atoms with van der Waals surface area (Å²) in [5.74, 6) is 0.373. The van der Waals surface area contributed by atoms with Gasteiger partial charge in [-0.2, -0.15) is 0 Å². The van der Waals surface area contributed by atoms with E-state index in [4.69, 9.17) is 0 Å². The van der Waals surface area contributed by atoms with E-state index >= 15 is 0 Å². The van der Waals surface area contributed by atoms with E-state index in [0.29, 0.717) is 24.5 Å². The number of aryl methyl sites for hydroxylation is 1. The number of carbonyl (C=O) groups excluding carboxylic acids is 3. The molecule has 1 aliphatic heterocycles. The Labute approximate surface area is 139 Å². The van der Waals surface area contributed by atoms with Gasteiger partial charge in [-0.25, -0.2) is 4.79 Å². The molecular weight excluding hydrogens is 316 g/mol. The molecular formula is C14H22N6O4. The number of hydrogen-bond donors (Lipinski definition) is 3. The molecule has 1 aromatic rings. The second-order valence-electron chi connectivity index (χ2n) is 5.73. The molecule has 3 N–H and O–H groups in total. The van der Waals surface area contributed by atoms with Gasteiger partial charge in [0.2, 0.25) is 5.91 Å². The predicted molar refractivity (Wildman–Crippen MR) is 82.9 cm³/mol. The van der Waals surface area contributed by atoms with Gasteiger partial charge in [0, 0.05) is 12.5 Å². The fourth-order valence-electron chi connectivity index (χ4n) is 2.48. The third-order valence-electron chi connectivity index (χ3n) is 3.55. The van der Waals surface area contributed by atoms with Gasteiger partial charge in [0.1, 0.15) is 18.4 Å². The third kappa shape index (κ3) is 4.21. The summed E-state index contributed by atoms with van der Waals surface area (Å²) in [7, 11) is 1.26. The molecule has 0 aliphatic carbocycles. The first-order valence-electron chi connectivity index (χ1n) is 7.74. The quantitative estimate of drug-likeness (QED) is 0.586. The van der Waals surface area contributed by atoms with Crippen LogP contribution >= 0.6 is 0 Å². The van der Waals surface area contributed by atoms with E-state index in [2.05, 4.69) is 30.9 Å². The minimum absolute atomic E-state index is 0.0194. The molecule has 1 aromatic heterocycles. The van der Waals surface area contributed by atoms with Crippen molar-refractivity contribution in [1.29, 1.82) is 0 Å². The zero-order valence-electron chi connectivity index (χ0n) is 14.0. The van der Waals surface area contributed by atoms with Crippen molar-refractivity contribution in [3.63, 3.8) is 0 Å². The number of amides is 3. The summed E-state index contributed by atoms with van der Waals surface area (Å²) in [6.07, 6.45) is 1.19. The highest BCUT2D eigenvalue weighted by Crippen LogP contribution is 2.26.